The Bertz CT molecular complexity index is 3730. The highest BCUT2D eigenvalue weighted by Crippen LogP contribution is 2.50. The molecule has 8 rings (SSSR count). The summed E-state index contributed by atoms with van der Waals surface area (Å²) in [4.78, 5) is 0. The lowest BCUT2D eigenvalue weighted by atomic mass is 9.69. The van der Waals surface area contributed by atoms with Crippen LogP contribution in [0.5, 0.6) is 0 Å². The minimum atomic E-state index is -3.04. The Morgan fingerprint density at radius 3 is 0.698 bits per heavy atom. The van der Waals surface area contributed by atoms with Crippen molar-refractivity contribution < 1.29 is 13.3 Å². The van der Waals surface area contributed by atoms with Crippen molar-refractivity contribution in [1.82, 2.24) is 0 Å². The molecular formula is C80H118O3Si3. The summed E-state index contributed by atoms with van der Waals surface area (Å²) in [5, 5.41) is 20.8. The molecule has 0 saturated heterocycles. The van der Waals surface area contributed by atoms with Gasteiger partial charge in [0, 0.05) is 25.0 Å². The molecule has 0 aliphatic heterocycles. The van der Waals surface area contributed by atoms with Crippen molar-refractivity contribution in [3.8, 4) is 0 Å². The standard InChI is InChI=1S/C40H58O3Si.C40H60Si2/c1-16-41-44(42-17-2,43-18-3)28-20-19-26-22-29-30(23-27(26)21-28)36(40(13,14)15)32-25-34(38(7,8)9)33(37(4,5)6)24-31(32)35(29)39(10,11)12;1-37(2,3)31-23-29-30(24-32(31)38(4,5)6)36(40(10,11)12)28-20-26-22-34(42(16,17)18)33(41(13,14)15)21-25(26)19-27(28)35(29)39(7,8)9/h19-25H,16-18H2,1-15H3;19-24H,1-18H3. The molecule has 0 unspecified atom stereocenters. The summed E-state index contributed by atoms with van der Waals surface area (Å²) in [6.07, 6.45) is 0. The highest BCUT2D eigenvalue weighted by Gasteiger charge is 2.44. The second-order valence-electron chi connectivity index (χ2n) is 35.8. The van der Waals surface area contributed by atoms with Crippen LogP contribution >= 0.6 is 0 Å². The van der Waals surface area contributed by atoms with Gasteiger partial charge in [0.2, 0.25) is 0 Å². The first-order valence-electron chi connectivity index (χ1n) is 32.9. The fourth-order valence-electron chi connectivity index (χ4n) is 14.2. The van der Waals surface area contributed by atoms with Gasteiger partial charge < -0.3 is 13.3 Å². The second-order valence-corrected chi connectivity index (χ2v) is 48.5. The number of benzene rings is 8. The number of fused-ring (bicyclic) bond motifs is 6. The molecule has 0 fully saturated rings. The van der Waals surface area contributed by atoms with Crippen LogP contribution in [0.25, 0.3) is 64.6 Å². The van der Waals surface area contributed by atoms with Crippen LogP contribution < -0.4 is 15.6 Å². The topological polar surface area (TPSA) is 27.7 Å². The van der Waals surface area contributed by atoms with Crippen molar-refractivity contribution in [2.24, 2.45) is 0 Å². The summed E-state index contributed by atoms with van der Waals surface area (Å²) < 4.78 is 18.9. The molecular weight excluding hydrogens is 1090 g/mol. The highest BCUT2D eigenvalue weighted by atomic mass is 28.4. The van der Waals surface area contributed by atoms with Crippen LogP contribution in [-0.2, 0) is 56.6 Å². The van der Waals surface area contributed by atoms with E-state index in [1.807, 2.05) is 20.8 Å². The maximum Gasteiger partial charge on any atom is 0.537 e. The zero-order valence-electron chi connectivity index (χ0n) is 60.9. The van der Waals surface area contributed by atoms with E-state index in [4.69, 9.17) is 13.3 Å². The molecule has 0 atom stereocenters. The van der Waals surface area contributed by atoms with Gasteiger partial charge in [0.05, 0.1) is 16.1 Å². The molecule has 468 valence electrons. The van der Waals surface area contributed by atoms with E-state index in [9.17, 15) is 0 Å². The maximum absolute atomic E-state index is 6.31. The van der Waals surface area contributed by atoms with Gasteiger partial charge in [-0.25, -0.2) is 0 Å². The van der Waals surface area contributed by atoms with Gasteiger partial charge in [-0.1, -0.05) is 240 Å². The summed E-state index contributed by atoms with van der Waals surface area (Å²) >= 11 is 0. The van der Waals surface area contributed by atoms with Crippen LogP contribution in [-0.4, -0.2) is 44.8 Å². The molecule has 86 heavy (non-hydrogen) atoms. The molecule has 0 bridgehead atoms. The molecule has 0 aromatic heterocycles. The molecule has 0 radical (unpaired) electrons. The highest BCUT2D eigenvalue weighted by molar-refractivity contribution is 6.98. The minimum Gasteiger partial charge on any atom is -0.370 e. The van der Waals surface area contributed by atoms with Crippen molar-refractivity contribution in [2.45, 2.75) is 270 Å². The van der Waals surface area contributed by atoms with E-state index in [0.29, 0.717) is 19.8 Å². The molecule has 6 heteroatoms. The SMILES string of the molecule is CC(C)(C)c1cc2c(C(C)(C)C)c3cc4cc([Si](C)(C)C)c([Si](C)(C)C)cc4cc3c(C(C)(C)C)c2cc1C(C)(C)C.CCO[Si](OCC)(OCC)c1ccc2cc3c(C(C)(C)C)c4cc(C(C)(C)C)c(C(C)(C)C)cc4c(C(C)(C)C)c3cc2c1. The van der Waals surface area contributed by atoms with Crippen molar-refractivity contribution in [1.29, 1.82) is 0 Å². The quantitative estimate of drug-likeness (QED) is 0.106. The molecule has 8 aromatic carbocycles. The Morgan fingerprint density at radius 2 is 0.488 bits per heavy atom. The normalized spacial score (nSPS) is 14.2. The van der Waals surface area contributed by atoms with Gasteiger partial charge in [-0.05, 0) is 228 Å². The van der Waals surface area contributed by atoms with Gasteiger partial charge in [-0.2, -0.15) is 0 Å². The van der Waals surface area contributed by atoms with Crippen LogP contribution in [0.2, 0.25) is 39.3 Å². The van der Waals surface area contributed by atoms with Crippen molar-refractivity contribution in [3.05, 3.63) is 123 Å². The number of hydrogen-bond acceptors (Lipinski definition) is 3. The summed E-state index contributed by atoms with van der Waals surface area (Å²) in [5.74, 6) is 0. The second kappa shape index (κ2) is 23.0. The average Bonchev–Trinajstić information content (AvgIpc) is 0.732. The predicted octanol–water partition coefficient (Wildman–Crippen LogP) is 22.0. The van der Waals surface area contributed by atoms with Crippen LogP contribution in [0.15, 0.2) is 78.9 Å². The third-order valence-corrected chi connectivity index (χ3v) is 25.1. The Balaban J connectivity index is 0.000000246. The lowest BCUT2D eigenvalue weighted by molar-refractivity contribution is 0.0859. The van der Waals surface area contributed by atoms with Crippen molar-refractivity contribution in [2.75, 3.05) is 19.8 Å². The van der Waals surface area contributed by atoms with Crippen LogP contribution in [0, 0.1) is 0 Å². The zero-order valence-corrected chi connectivity index (χ0v) is 63.9. The first kappa shape index (κ1) is 69.3. The molecule has 0 aliphatic rings. The van der Waals surface area contributed by atoms with Gasteiger partial charge in [-0.15, -0.1) is 0 Å². The first-order chi connectivity index (χ1) is 38.8. The lowest BCUT2D eigenvalue weighted by Crippen LogP contribution is -2.56. The minimum absolute atomic E-state index is 0.00113. The zero-order chi connectivity index (χ0) is 65.2. The molecule has 0 aliphatic carbocycles. The average molecular weight is 1210 g/mol. The Kier molecular flexibility index (Phi) is 18.5. The van der Waals surface area contributed by atoms with Gasteiger partial charge in [-0.3, -0.25) is 0 Å². The van der Waals surface area contributed by atoms with Gasteiger partial charge in [0.25, 0.3) is 0 Å². The number of rotatable bonds is 9. The number of hydrogen-bond donors (Lipinski definition) is 0. The van der Waals surface area contributed by atoms with E-state index in [1.165, 1.54) is 109 Å². The van der Waals surface area contributed by atoms with Crippen LogP contribution in [0.3, 0.4) is 0 Å². The monoisotopic (exact) mass is 1210 g/mol. The summed E-state index contributed by atoms with van der Waals surface area (Å²) in [7, 11) is -6.09. The van der Waals surface area contributed by atoms with Crippen molar-refractivity contribution in [3.63, 3.8) is 0 Å². The first-order valence-corrected chi connectivity index (χ1v) is 41.6. The lowest BCUT2D eigenvalue weighted by Gasteiger charge is -2.35. The van der Waals surface area contributed by atoms with E-state index in [1.54, 1.807) is 10.4 Å². The Hall–Kier alpha value is -4.15. The smallest absolute Gasteiger partial charge is 0.370 e. The molecule has 0 spiro atoms. The Labute approximate surface area is 527 Å². The summed E-state index contributed by atoms with van der Waals surface area (Å²) in [6, 6.07) is 32.2. The molecule has 0 saturated carbocycles. The van der Waals surface area contributed by atoms with E-state index in [-0.39, 0.29) is 43.3 Å². The fraction of sp³-hybridized carbons (Fsp3) is 0.550. The van der Waals surface area contributed by atoms with Crippen LogP contribution in [0.1, 0.15) is 231 Å². The fourth-order valence-corrected chi connectivity index (χ4v) is 21.9. The predicted molar refractivity (Wildman–Crippen MR) is 394 cm³/mol. The third-order valence-electron chi connectivity index (χ3n) is 17.8. The largest absolute Gasteiger partial charge is 0.537 e. The molecule has 3 nitrogen and oxygen atoms in total. The molecule has 0 amide bonds. The van der Waals surface area contributed by atoms with E-state index in [2.05, 4.69) is 284 Å². The van der Waals surface area contributed by atoms with Gasteiger partial charge in [0.15, 0.2) is 0 Å². The Morgan fingerprint density at radius 1 is 0.267 bits per heavy atom. The molecule has 0 heterocycles. The maximum atomic E-state index is 6.31. The van der Waals surface area contributed by atoms with E-state index < -0.39 is 25.0 Å². The third kappa shape index (κ3) is 13.6. The summed E-state index contributed by atoms with van der Waals surface area (Å²) in [6.45, 7) is 79.9. The van der Waals surface area contributed by atoms with Crippen molar-refractivity contribution >= 4 is 105 Å². The van der Waals surface area contributed by atoms with Gasteiger partial charge >= 0.3 is 8.80 Å². The molecule has 0 N–H and O–H groups in total. The summed E-state index contributed by atoms with van der Waals surface area (Å²) in [5.41, 5.74) is 11.7. The van der Waals surface area contributed by atoms with E-state index >= 15 is 0 Å². The van der Waals surface area contributed by atoms with E-state index in [0.717, 1.165) is 5.19 Å². The van der Waals surface area contributed by atoms with Crippen LogP contribution in [0.4, 0.5) is 0 Å². The molecule has 8 aromatic rings. The van der Waals surface area contributed by atoms with Gasteiger partial charge in [0.1, 0.15) is 0 Å².